The quantitative estimate of drug-likeness (QED) is 0.181. The molecule has 1 aromatic carbocycles. The molecule has 0 aliphatic carbocycles. The zero-order valence-corrected chi connectivity index (χ0v) is 18.4. The molecule has 0 radical (unpaired) electrons. The summed E-state index contributed by atoms with van der Waals surface area (Å²) in [5.41, 5.74) is -2.37. The molecule has 0 aliphatic heterocycles. The van der Waals surface area contributed by atoms with Crippen molar-refractivity contribution >= 4 is 23.4 Å². The first-order valence-electron chi connectivity index (χ1n) is 10.4. The number of carbonyl (C=O) groups excluding carboxylic acids is 1. The van der Waals surface area contributed by atoms with E-state index in [2.05, 4.69) is 6.92 Å². The van der Waals surface area contributed by atoms with Crippen LogP contribution in [0.1, 0.15) is 76.3 Å². The lowest BCUT2D eigenvalue weighted by Gasteiger charge is -2.18. The maximum atomic E-state index is 14.4. The molecule has 1 atom stereocenters. The summed E-state index contributed by atoms with van der Waals surface area (Å²) in [5, 5.41) is 8.56. The highest BCUT2D eigenvalue weighted by Crippen LogP contribution is 2.35. The molecule has 0 N–H and O–H groups in total. The standard InChI is InChI=1S/C22H30F4N2OS/c1-3-4-13-30-14-9-7-5-6-8-10-17(2)21(29)28(26)19-12-11-18(16-27)20(15-19)22(23,24)25/h11-12,15,17H,3-10,13-14H2,1-2H3/t17-/m1/s1. The van der Waals surface area contributed by atoms with E-state index in [9.17, 15) is 22.4 Å². The molecular formula is C22H30F4N2OS. The number of amides is 1. The Bertz CT molecular complexity index is 703. The van der Waals surface area contributed by atoms with Crippen LogP contribution in [0.15, 0.2) is 18.2 Å². The van der Waals surface area contributed by atoms with Crippen LogP contribution in [0.3, 0.4) is 0 Å². The van der Waals surface area contributed by atoms with Crippen molar-refractivity contribution in [3.63, 3.8) is 0 Å². The van der Waals surface area contributed by atoms with Crippen molar-refractivity contribution < 1.29 is 22.4 Å². The highest BCUT2D eigenvalue weighted by molar-refractivity contribution is 7.99. The number of hydrogen-bond acceptors (Lipinski definition) is 3. The lowest BCUT2D eigenvalue weighted by molar-refractivity contribution is -0.137. The third-order valence-corrected chi connectivity index (χ3v) is 5.99. The average Bonchev–Trinajstić information content (AvgIpc) is 2.72. The van der Waals surface area contributed by atoms with E-state index in [-0.39, 0.29) is 5.12 Å². The molecule has 0 aromatic heterocycles. The third-order valence-electron chi connectivity index (χ3n) is 4.84. The molecule has 1 amide bonds. The molecule has 0 heterocycles. The normalized spacial score (nSPS) is 12.4. The van der Waals surface area contributed by atoms with Crippen LogP contribution in [0.5, 0.6) is 0 Å². The fourth-order valence-corrected chi connectivity index (χ4v) is 4.07. The van der Waals surface area contributed by atoms with Crippen molar-refractivity contribution in [1.82, 2.24) is 0 Å². The van der Waals surface area contributed by atoms with Gasteiger partial charge in [-0.05, 0) is 49.0 Å². The van der Waals surface area contributed by atoms with Crippen LogP contribution in [0.25, 0.3) is 0 Å². The summed E-state index contributed by atoms with van der Waals surface area (Å²) in [7, 11) is 0. The molecule has 3 nitrogen and oxygen atoms in total. The van der Waals surface area contributed by atoms with Gasteiger partial charge in [0.05, 0.1) is 22.9 Å². The highest BCUT2D eigenvalue weighted by Gasteiger charge is 2.35. The van der Waals surface area contributed by atoms with E-state index in [1.54, 1.807) is 6.92 Å². The zero-order valence-electron chi connectivity index (χ0n) is 17.6. The van der Waals surface area contributed by atoms with Gasteiger partial charge >= 0.3 is 6.18 Å². The maximum absolute atomic E-state index is 14.4. The second kappa shape index (κ2) is 13.5. The summed E-state index contributed by atoms with van der Waals surface area (Å²) in [6, 6.07) is 3.83. The number of unbranched alkanes of at least 4 members (excludes halogenated alkanes) is 5. The molecule has 0 saturated heterocycles. The fraction of sp³-hybridized carbons (Fsp3) is 0.636. The first-order valence-corrected chi connectivity index (χ1v) is 11.6. The number of thioether (sulfide) groups is 1. The van der Waals surface area contributed by atoms with Crippen molar-refractivity contribution in [3.05, 3.63) is 29.3 Å². The predicted octanol–water partition coefficient (Wildman–Crippen LogP) is 7.30. The number of nitriles is 1. The van der Waals surface area contributed by atoms with Gasteiger partial charge < -0.3 is 0 Å². The van der Waals surface area contributed by atoms with Crippen molar-refractivity contribution in [2.24, 2.45) is 5.92 Å². The molecule has 0 unspecified atom stereocenters. The average molecular weight is 447 g/mol. The maximum Gasteiger partial charge on any atom is 0.417 e. The van der Waals surface area contributed by atoms with E-state index in [0.717, 1.165) is 43.6 Å². The van der Waals surface area contributed by atoms with Crippen LogP contribution in [0, 0.1) is 17.2 Å². The first-order chi connectivity index (χ1) is 14.2. The largest absolute Gasteiger partial charge is 0.417 e. The van der Waals surface area contributed by atoms with E-state index in [4.69, 9.17) is 5.26 Å². The smallest absolute Gasteiger partial charge is 0.272 e. The predicted molar refractivity (Wildman–Crippen MR) is 114 cm³/mol. The Morgan fingerprint density at radius 1 is 1.13 bits per heavy atom. The van der Waals surface area contributed by atoms with Crippen molar-refractivity contribution in [2.45, 2.75) is 71.4 Å². The van der Waals surface area contributed by atoms with Crippen LogP contribution in [0.2, 0.25) is 0 Å². The Labute approximate surface area is 180 Å². The SMILES string of the molecule is CCCCSCCCCCCC[C@@H](C)C(=O)N(F)c1ccc(C#N)c(C(F)(F)F)c1. The van der Waals surface area contributed by atoms with Gasteiger partial charge in [-0.2, -0.15) is 30.2 Å². The topological polar surface area (TPSA) is 44.1 Å². The van der Waals surface area contributed by atoms with Crippen molar-refractivity contribution in [1.29, 1.82) is 5.26 Å². The summed E-state index contributed by atoms with van der Waals surface area (Å²) in [5.74, 6) is 0.861. The number of alkyl halides is 3. The molecule has 0 aliphatic rings. The third kappa shape index (κ3) is 8.95. The number of anilines is 1. The van der Waals surface area contributed by atoms with Gasteiger partial charge in [0, 0.05) is 5.92 Å². The lowest BCUT2D eigenvalue weighted by Crippen LogP contribution is -2.28. The lowest BCUT2D eigenvalue weighted by atomic mass is 10.0. The number of benzene rings is 1. The molecule has 30 heavy (non-hydrogen) atoms. The van der Waals surface area contributed by atoms with Gasteiger partial charge in [0.15, 0.2) is 0 Å². The van der Waals surface area contributed by atoms with Crippen molar-refractivity contribution in [3.8, 4) is 6.07 Å². The Hall–Kier alpha value is -1.75. The van der Waals surface area contributed by atoms with Crippen LogP contribution in [-0.2, 0) is 11.0 Å². The van der Waals surface area contributed by atoms with E-state index in [0.29, 0.717) is 12.5 Å². The molecule has 168 valence electrons. The number of nitrogens with zero attached hydrogens (tertiary/aromatic N) is 2. The van der Waals surface area contributed by atoms with Gasteiger partial charge in [-0.3, -0.25) is 4.79 Å². The first kappa shape index (κ1) is 26.3. The summed E-state index contributed by atoms with van der Waals surface area (Å²) >= 11 is 1.98. The summed E-state index contributed by atoms with van der Waals surface area (Å²) in [6.45, 7) is 3.76. The van der Waals surface area contributed by atoms with Crippen LogP contribution in [-0.4, -0.2) is 17.4 Å². The molecule has 0 saturated carbocycles. The van der Waals surface area contributed by atoms with Crippen LogP contribution < -0.4 is 5.12 Å². The number of hydrogen-bond donors (Lipinski definition) is 0. The number of halogens is 4. The van der Waals surface area contributed by atoms with Gasteiger partial charge in [0.25, 0.3) is 5.91 Å². The van der Waals surface area contributed by atoms with Gasteiger partial charge in [-0.15, -0.1) is 5.12 Å². The molecule has 0 fully saturated rings. The van der Waals surface area contributed by atoms with Gasteiger partial charge in [0.1, 0.15) is 0 Å². The zero-order chi connectivity index (χ0) is 22.6. The van der Waals surface area contributed by atoms with Crippen LogP contribution >= 0.6 is 11.8 Å². The molecule has 8 heteroatoms. The Balaban J connectivity index is 2.43. The Morgan fingerprint density at radius 3 is 2.40 bits per heavy atom. The highest BCUT2D eigenvalue weighted by atomic mass is 32.2. The molecule has 1 aromatic rings. The fourth-order valence-electron chi connectivity index (χ4n) is 2.96. The van der Waals surface area contributed by atoms with Crippen LogP contribution in [0.4, 0.5) is 23.3 Å². The van der Waals surface area contributed by atoms with E-state index in [1.165, 1.54) is 31.1 Å². The second-order valence-electron chi connectivity index (χ2n) is 7.38. The molecule has 1 rings (SSSR count). The van der Waals surface area contributed by atoms with Crippen molar-refractivity contribution in [2.75, 3.05) is 16.6 Å². The van der Waals surface area contributed by atoms with E-state index < -0.39 is 34.8 Å². The monoisotopic (exact) mass is 446 g/mol. The van der Waals surface area contributed by atoms with E-state index >= 15 is 0 Å². The van der Waals surface area contributed by atoms with Gasteiger partial charge in [-0.25, -0.2) is 0 Å². The molecule has 0 bridgehead atoms. The summed E-state index contributed by atoms with van der Waals surface area (Å²) in [6.07, 6.45) is 3.21. The minimum absolute atomic E-state index is 0.241. The summed E-state index contributed by atoms with van der Waals surface area (Å²) in [4.78, 5) is 12.3. The van der Waals surface area contributed by atoms with E-state index in [1.807, 2.05) is 11.8 Å². The Kier molecular flexibility index (Phi) is 11.9. The summed E-state index contributed by atoms with van der Waals surface area (Å²) < 4.78 is 53.5. The number of rotatable bonds is 13. The second-order valence-corrected chi connectivity index (χ2v) is 8.61. The molecule has 0 spiro atoms. The van der Waals surface area contributed by atoms with Gasteiger partial charge in [-0.1, -0.05) is 50.4 Å². The molecular weight excluding hydrogens is 416 g/mol. The minimum atomic E-state index is -4.80. The minimum Gasteiger partial charge on any atom is -0.272 e. The number of carbonyl (C=O) groups is 1. The Morgan fingerprint density at radius 2 is 1.77 bits per heavy atom. The van der Waals surface area contributed by atoms with Gasteiger partial charge in [0.2, 0.25) is 0 Å².